The number of nitrogens with one attached hydrogen (secondary N) is 2. The summed E-state index contributed by atoms with van der Waals surface area (Å²) in [6.07, 6.45) is -2.30. The highest BCUT2D eigenvalue weighted by atomic mass is 19.4. The summed E-state index contributed by atoms with van der Waals surface area (Å²) in [6.45, 7) is 6.01. The summed E-state index contributed by atoms with van der Waals surface area (Å²) in [7, 11) is 1.45. The number of hydrogen-bond acceptors (Lipinski definition) is 4. The lowest BCUT2D eigenvalue weighted by Gasteiger charge is -2.19. The monoisotopic (exact) mass is 368 g/mol. The van der Waals surface area contributed by atoms with Gasteiger partial charge in [-0.3, -0.25) is 9.89 Å². The molecule has 0 aliphatic carbocycles. The van der Waals surface area contributed by atoms with E-state index in [4.69, 9.17) is 9.47 Å². The van der Waals surface area contributed by atoms with Crippen LogP contribution in [-0.4, -0.2) is 83.2 Å². The molecule has 1 atom stereocenters. The maximum absolute atomic E-state index is 12.3. The van der Waals surface area contributed by atoms with Gasteiger partial charge in [-0.2, -0.15) is 13.2 Å². The standard InChI is InChI=1S/C16H31F3N4O2/c1-3-20-15(22-7-8-23(2)13-16(17,18)19)21-6-4-9-24-11-14-5-10-25-12-14/h14H,3-13H2,1-2H3,(H2,20,21,22). The van der Waals surface area contributed by atoms with E-state index in [0.29, 0.717) is 38.1 Å². The molecule has 0 aromatic heterocycles. The third-order valence-electron chi connectivity index (χ3n) is 3.67. The molecular weight excluding hydrogens is 337 g/mol. The summed E-state index contributed by atoms with van der Waals surface area (Å²) in [5.41, 5.74) is 0. The predicted octanol–water partition coefficient (Wildman–Crippen LogP) is 1.48. The molecule has 1 unspecified atom stereocenters. The van der Waals surface area contributed by atoms with E-state index in [1.54, 1.807) is 0 Å². The Kier molecular flexibility index (Phi) is 10.8. The van der Waals surface area contributed by atoms with Crippen LogP contribution in [0.25, 0.3) is 0 Å². The largest absolute Gasteiger partial charge is 0.401 e. The fraction of sp³-hybridized carbons (Fsp3) is 0.938. The van der Waals surface area contributed by atoms with Crippen molar-refractivity contribution in [2.45, 2.75) is 25.9 Å². The van der Waals surface area contributed by atoms with E-state index >= 15 is 0 Å². The van der Waals surface area contributed by atoms with E-state index in [1.807, 2.05) is 6.92 Å². The van der Waals surface area contributed by atoms with Crippen molar-refractivity contribution in [3.63, 3.8) is 0 Å². The van der Waals surface area contributed by atoms with Gasteiger partial charge in [0.25, 0.3) is 0 Å². The summed E-state index contributed by atoms with van der Waals surface area (Å²) in [5.74, 6) is 1.13. The molecule has 2 N–H and O–H groups in total. The molecule has 0 amide bonds. The molecule has 148 valence electrons. The number of alkyl halides is 3. The maximum atomic E-state index is 12.3. The van der Waals surface area contributed by atoms with Crippen molar-refractivity contribution in [1.29, 1.82) is 0 Å². The molecule has 1 heterocycles. The first-order chi connectivity index (χ1) is 11.9. The van der Waals surface area contributed by atoms with Gasteiger partial charge in [0.05, 0.1) is 19.8 Å². The lowest BCUT2D eigenvalue weighted by molar-refractivity contribution is -0.142. The number of hydrogen-bond donors (Lipinski definition) is 2. The number of aliphatic imine (C=N–C) groups is 1. The molecule has 0 spiro atoms. The molecule has 0 aromatic carbocycles. The smallest absolute Gasteiger partial charge is 0.381 e. The Labute approximate surface area is 148 Å². The molecule has 0 aromatic rings. The number of guanidine groups is 1. The molecule has 1 rings (SSSR count). The van der Waals surface area contributed by atoms with Gasteiger partial charge in [-0.15, -0.1) is 0 Å². The van der Waals surface area contributed by atoms with E-state index in [9.17, 15) is 13.2 Å². The highest BCUT2D eigenvalue weighted by Gasteiger charge is 2.28. The number of rotatable bonds is 11. The SMILES string of the molecule is CCNC(=NCCCOCC1CCOC1)NCCN(C)CC(F)(F)F. The Balaban J connectivity index is 2.13. The fourth-order valence-electron chi connectivity index (χ4n) is 2.41. The normalized spacial score (nSPS) is 18.8. The average molecular weight is 368 g/mol. The highest BCUT2D eigenvalue weighted by Crippen LogP contribution is 2.15. The Morgan fingerprint density at radius 1 is 1.36 bits per heavy atom. The van der Waals surface area contributed by atoms with Crippen molar-refractivity contribution in [2.24, 2.45) is 10.9 Å². The third kappa shape index (κ3) is 12.0. The first-order valence-corrected chi connectivity index (χ1v) is 8.83. The number of likely N-dealkylation sites (N-methyl/N-ethyl adjacent to an activating group) is 1. The van der Waals surface area contributed by atoms with Crippen LogP contribution in [0.5, 0.6) is 0 Å². The molecule has 9 heteroatoms. The Morgan fingerprint density at radius 3 is 2.80 bits per heavy atom. The van der Waals surface area contributed by atoms with E-state index in [-0.39, 0.29) is 6.54 Å². The molecular formula is C16H31F3N4O2. The van der Waals surface area contributed by atoms with Crippen molar-refractivity contribution in [3.05, 3.63) is 0 Å². The summed E-state index contributed by atoms with van der Waals surface area (Å²) in [5, 5.41) is 6.13. The second kappa shape index (κ2) is 12.3. The molecule has 0 bridgehead atoms. The minimum atomic E-state index is -4.17. The van der Waals surface area contributed by atoms with Gasteiger partial charge in [0, 0.05) is 45.3 Å². The second-order valence-electron chi connectivity index (χ2n) is 6.20. The number of nitrogens with zero attached hydrogens (tertiary/aromatic N) is 2. The topological polar surface area (TPSA) is 58.1 Å². The number of halogens is 3. The second-order valence-corrected chi connectivity index (χ2v) is 6.20. The van der Waals surface area contributed by atoms with Crippen LogP contribution in [0.3, 0.4) is 0 Å². The van der Waals surface area contributed by atoms with Crippen LogP contribution in [0, 0.1) is 5.92 Å². The van der Waals surface area contributed by atoms with Crippen LogP contribution >= 0.6 is 0 Å². The summed E-state index contributed by atoms with van der Waals surface area (Å²) < 4.78 is 47.7. The van der Waals surface area contributed by atoms with Gasteiger partial charge in [-0.25, -0.2) is 0 Å². The Hall–Kier alpha value is -1.06. The van der Waals surface area contributed by atoms with Crippen LogP contribution in [0.1, 0.15) is 19.8 Å². The van der Waals surface area contributed by atoms with Crippen molar-refractivity contribution < 1.29 is 22.6 Å². The molecule has 0 radical (unpaired) electrons. The molecule has 1 saturated heterocycles. The van der Waals surface area contributed by atoms with E-state index < -0.39 is 12.7 Å². The van der Waals surface area contributed by atoms with Gasteiger partial charge in [0.15, 0.2) is 5.96 Å². The summed E-state index contributed by atoms with van der Waals surface area (Å²) in [6, 6.07) is 0. The quantitative estimate of drug-likeness (QED) is 0.329. The van der Waals surface area contributed by atoms with Crippen molar-refractivity contribution in [3.8, 4) is 0 Å². The van der Waals surface area contributed by atoms with Crippen LogP contribution in [0.4, 0.5) is 13.2 Å². The van der Waals surface area contributed by atoms with E-state index in [0.717, 1.165) is 32.7 Å². The highest BCUT2D eigenvalue weighted by molar-refractivity contribution is 5.79. The van der Waals surface area contributed by atoms with Crippen molar-refractivity contribution >= 4 is 5.96 Å². The summed E-state index contributed by atoms with van der Waals surface area (Å²) >= 11 is 0. The zero-order valence-corrected chi connectivity index (χ0v) is 15.2. The van der Waals surface area contributed by atoms with Gasteiger partial charge in [0.1, 0.15) is 0 Å². The fourth-order valence-corrected chi connectivity index (χ4v) is 2.41. The van der Waals surface area contributed by atoms with Gasteiger partial charge in [-0.05, 0) is 26.8 Å². The first-order valence-electron chi connectivity index (χ1n) is 8.83. The molecule has 1 aliphatic rings. The van der Waals surface area contributed by atoms with Crippen molar-refractivity contribution in [1.82, 2.24) is 15.5 Å². The molecule has 6 nitrogen and oxygen atoms in total. The van der Waals surface area contributed by atoms with Crippen LogP contribution in [0.2, 0.25) is 0 Å². The maximum Gasteiger partial charge on any atom is 0.401 e. The average Bonchev–Trinajstić information content (AvgIpc) is 3.02. The zero-order valence-electron chi connectivity index (χ0n) is 15.2. The van der Waals surface area contributed by atoms with Gasteiger partial charge in [0.2, 0.25) is 0 Å². The van der Waals surface area contributed by atoms with Crippen LogP contribution in [0.15, 0.2) is 4.99 Å². The number of ether oxygens (including phenoxy) is 2. The molecule has 1 aliphatic heterocycles. The van der Waals surface area contributed by atoms with Crippen LogP contribution < -0.4 is 10.6 Å². The van der Waals surface area contributed by atoms with Gasteiger partial charge >= 0.3 is 6.18 Å². The van der Waals surface area contributed by atoms with Crippen LogP contribution in [-0.2, 0) is 9.47 Å². The van der Waals surface area contributed by atoms with Crippen molar-refractivity contribution in [2.75, 3.05) is 66.2 Å². The minimum absolute atomic E-state index is 0.288. The minimum Gasteiger partial charge on any atom is -0.381 e. The third-order valence-corrected chi connectivity index (χ3v) is 3.67. The van der Waals surface area contributed by atoms with E-state index in [2.05, 4.69) is 15.6 Å². The van der Waals surface area contributed by atoms with Gasteiger partial charge in [-0.1, -0.05) is 0 Å². The molecule has 1 fully saturated rings. The lowest BCUT2D eigenvalue weighted by atomic mass is 10.1. The summed E-state index contributed by atoms with van der Waals surface area (Å²) in [4.78, 5) is 5.64. The molecule has 0 saturated carbocycles. The lowest BCUT2D eigenvalue weighted by Crippen LogP contribution is -2.42. The van der Waals surface area contributed by atoms with Gasteiger partial charge < -0.3 is 20.1 Å². The predicted molar refractivity (Wildman–Crippen MR) is 91.9 cm³/mol. The Bertz CT molecular complexity index is 375. The van der Waals surface area contributed by atoms with E-state index in [1.165, 1.54) is 11.9 Å². The Morgan fingerprint density at radius 2 is 2.16 bits per heavy atom. The molecule has 25 heavy (non-hydrogen) atoms. The zero-order chi connectivity index (χ0) is 18.5. The first kappa shape index (κ1) is 22.0.